The van der Waals surface area contributed by atoms with E-state index >= 15 is 0 Å². The average Bonchev–Trinajstić information content (AvgIpc) is 3.01. The van der Waals surface area contributed by atoms with E-state index in [9.17, 15) is 4.79 Å². The number of nitrogens with one attached hydrogen (secondary N) is 2. The van der Waals surface area contributed by atoms with Crippen LogP contribution in [0.5, 0.6) is 0 Å². The fourth-order valence-electron chi connectivity index (χ4n) is 2.11. The molecule has 2 aromatic rings. The van der Waals surface area contributed by atoms with Crippen LogP contribution in [0.15, 0.2) is 29.0 Å². The first-order chi connectivity index (χ1) is 9.58. The molecule has 0 aromatic carbocycles. The summed E-state index contributed by atoms with van der Waals surface area (Å²) < 4.78 is 0. The fourth-order valence-corrected chi connectivity index (χ4v) is 3.87. The van der Waals surface area contributed by atoms with E-state index in [0.717, 1.165) is 12.2 Å². The van der Waals surface area contributed by atoms with E-state index in [0.29, 0.717) is 12.0 Å². The summed E-state index contributed by atoms with van der Waals surface area (Å²) in [5, 5.41) is 10.6. The van der Waals surface area contributed by atoms with Crippen molar-refractivity contribution in [2.75, 3.05) is 5.32 Å². The zero-order valence-corrected chi connectivity index (χ0v) is 13.6. The van der Waals surface area contributed by atoms with E-state index < -0.39 is 0 Å². The zero-order valence-electron chi connectivity index (χ0n) is 12.0. The van der Waals surface area contributed by atoms with Gasteiger partial charge in [-0.05, 0) is 28.8 Å². The molecule has 108 valence electrons. The molecule has 0 aliphatic carbocycles. The molecule has 3 nitrogen and oxygen atoms in total. The largest absolute Gasteiger partial charge is 0.325 e. The van der Waals surface area contributed by atoms with Gasteiger partial charge in [0, 0.05) is 29.3 Å². The normalized spacial score (nSPS) is 12.6. The minimum absolute atomic E-state index is 0.0247. The van der Waals surface area contributed by atoms with E-state index in [1.165, 1.54) is 16.7 Å². The number of amides is 1. The van der Waals surface area contributed by atoms with E-state index in [4.69, 9.17) is 0 Å². The lowest BCUT2D eigenvalue weighted by Crippen LogP contribution is -2.24. The number of anilines is 1. The van der Waals surface area contributed by atoms with Crippen LogP contribution < -0.4 is 10.6 Å². The van der Waals surface area contributed by atoms with Crippen molar-refractivity contribution in [1.29, 1.82) is 0 Å². The third-order valence-electron chi connectivity index (χ3n) is 3.06. The predicted molar refractivity (Wildman–Crippen MR) is 87.4 cm³/mol. The third-order valence-corrected chi connectivity index (χ3v) is 4.93. The molecule has 2 aromatic heterocycles. The minimum Gasteiger partial charge on any atom is -0.325 e. The Morgan fingerprint density at radius 3 is 2.65 bits per heavy atom. The monoisotopic (exact) mass is 308 g/mol. The Labute approximate surface area is 128 Å². The Kier molecular flexibility index (Phi) is 5.34. The molecule has 0 aliphatic heterocycles. The lowest BCUT2D eigenvalue weighted by Gasteiger charge is -2.21. The highest BCUT2D eigenvalue weighted by molar-refractivity contribution is 7.10. The Bertz CT molecular complexity index is 546. The topological polar surface area (TPSA) is 41.1 Å². The van der Waals surface area contributed by atoms with Crippen LogP contribution in [0.1, 0.15) is 36.6 Å². The summed E-state index contributed by atoms with van der Waals surface area (Å²) >= 11 is 3.45. The summed E-state index contributed by atoms with van der Waals surface area (Å²) in [6.07, 6.45) is 0. The Morgan fingerprint density at radius 1 is 1.25 bits per heavy atom. The van der Waals surface area contributed by atoms with Gasteiger partial charge in [0.1, 0.15) is 0 Å². The Morgan fingerprint density at radius 2 is 2.05 bits per heavy atom. The molecule has 2 N–H and O–H groups in total. The van der Waals surface area contributed by atoms with Crippen LogP contribution in [0.3, 0.4) is 0 Å². The van der Waals surface area contributed by atoms with Crippen LogP contribution in [-0.4, -0.2) is 5.91 Å². The van der Waals surface area contributed by atoms with Crippen LogP contribution in [0.25, 0.3) is 0 Å². The molecule has 5 heteroatoms. The third kappa shape index (κ3) is 3.91. The van der Waals surface area contributed by atoms with E-state index in [1.807, 2.05) is 11.4 Å². The number of thiophene rings is 2. The number of rotatable bonds is 6. The molecular weight excluding hydrogens is 288 g/mol. The summed E-state index contributed by atoms with van der Waals surface area (Å²) in [5.74, 6) is 0.501. The maximum absolute atomic E-state index is 11.2. The molecule has 0 radical (unpaired) electrons. The van der Waals surface area contributed by atoms with Gasteiger partial charge in [0.05, 0.1) is 5.69 Å². The van der Waals surface area contributed by atoms with Crippen molar-refractivity contribution in [3.05, 3.63) is 38.7 Å². The number of hydrogen-bond donors (Lipinski definition) is 2. The Hall–Kier alpha value is -1.17. The highest BCUT2D eigenvalue weighted by Crippen LogP contribution is 2.28. The lowest BCUT2D eigenvalue weighted by molar-refractivity contribution is -0.114. The first kappa shape index (κ1) is 15.2. The van der Waals surface area contributed by atoms with Gasteiger partial charge in [-0.1, -0.05) is 19.9 Å². The molecule has 0 aliphatic rings. The first-order valence-electron chi connectivity index (χ1n) is 6.68. The molecule has 20 heavy (non-hydrogen) atoms. The van der Waals surface area contributed by atoms with Gasteiger partial charge in [0.2, 0.25) is 5.91 Å². The molecule has 0 bridgehead atoms. The van der Waals surface area contributed by atoms with Crippen molar-refractivity contribution >= 4 is 34.3 Å². The smallest absolute Gasteiger partial charge is 0.221 e. The van der Waals surface area contributed by atoms with E-state index in [1.54, 1.807) is 22.7 Å². The summed E-state index contributed by atoms with van der Waals surface area (Å²) in [5.41, 5.74) is 0.920. The quantitative estimate of drug-likeness (QED) is 0.837. The highest BCUT2D eigenvalue weighted by Gasteiger charge is 2.17. The average molecular weight is 308 g/mol. The molecule has 0 spiro atoms. The standard InChI is InChI=1S/C15H20N2OS2/c1-10(2)15(13-5-4-7-19-13)16-9-14-12(6-8-20-14)17-11(3)18/h4-8,10,15-16H,9H2,1-3H3,(H,17,18). The van der Waals surface area contributed by atoms with Crippen LogP contribution in [0.2, 0.25) is 0 Å². The van der Waals surface area contributed by atoms with Crippen LogP contribution in [-0.2, 0) is 11.3 Å². The van der Waals surface area contributed by atoms with Crippen LogP contribution in [0, 0.1) is 5.92 Å². The second kappa shape index (κ2) is 7.02. The van der Waals surface area contributed by atoms with Gasteiger partial charge in [0.15, 0.2) is 0 Å². The summed E-state index contributed by atoms with van der Waals surface area (Å²) in [4.78, 5) is 13.7. The van der Waals surface area contributed by atoms with Gasteiger partial charge in [0.25, 0.3) is 0 Å². The van der Waals surface area contributed by atoms with E-state index in [2.05, 4.69) is 42.0 Å². The van der Waals surface area contributed by atoms with Crippen molar-refractivity contribution < 1.29 is 4.79 Å². The first-order valence-corrected chi connectivity index (χ1v) is 8.44. The zero-order chi connectivity index (χ0) is 14.5. The molecule has 1 atom stereocenters. The molecule has 0 saturated carbocycles. The van der Waals surface area contributed by atoms with Crippen molar-refractivity contribution in [1.82, 2.24) is 5.32 Å². The van der Waals surface area contributed by atoms with Crippen molar-refractivity contribution in [3.63, 3.8) is 0 Å². The molecule has 0 saturated heterocycles. The van der Waals surface area contributed by atoms with Gasteiger partial charge in [-0.3, -0.25) is 4.79 Å². The SMILES string of the molecule is CC(=O)Nc1ccsc1CNC(c1cccs1)C(C)C. The molecule has 2 rings (SSSR count). The van der Waals surface area contributed by atoms with Gasteiger partial charge < -0.3 is 10.6 Å². The van der Waals surface area contributed by atoms with Gasteiger partial charge in [-0.2, -0.15) is 0 Å². The van der Waals surface area contributed by atoms with Crippen molar-refractivity contribution in [2.45, 2.75) is 33.4 Å². The molecule has 1 unspecified atom stereocenters. The molecule has 0 fully saturated rings. The molecule has 1 amide bonds. The van der Waals surface area contributed by atoms with Crippen molar-refractivity contribution in [2.24, 2.45) is 5.92 Å². The van der Waals surface area contributed by atoms with Crippen LogP contribution in [0.4, 0.5) is 5.69 Å². The summed E-state index contributed by atoms with van der Waals surface area (Å²) in [6, 6.07) is 6.57. The van der Waals surface area contributed by atoms with Gasteiger partial charge in [-0.25, -0.2) is 0 Å². The summed E-state index contributed by atoms with van der Waals surface area (Å²) in [6.45, 7) is 6.76. The minimum atomic E-state index is -0.0247. The number of hydrogen-bond acceptors (Lipinski definition) is 4. The van der Waals surface area contributed by atoms with Crippen LogP contribution >= 0.6 is 22.7 Å². The second-order valence-electron chi connectivity index (χ2n) is 5.06. The Balaban J connectivity index is 2.03. The number of carbonyl (C=O) groups excluding carboxylic acids is 1. The van der Waals surface area contributed by atoms with E-state index in [-0.39, 0.29) is 5.91 Å². The maximum atomic E-state index is 11.2. The molecule has 2 heterocycles. The highest BCUT2D eigenvalue weighted by atomic mass is 32.1. The molecular formula is C15H20N2OS2. The van der Waals surface area contributed by atoms with Gasteiger partial charge >= 0.3 is 0 Å². The fraction of sp³-hybridized carbons (Fsp3) is 0.400. The summed E-state index contributed by atoms with van der Waals surface area (Å²) in [7, 11) is 0. The van der Waals surface area contributed by atoms with Crippen molar-refractivity contribution in [3.8, 4) is 0 Å². The predicted octanol–water partition coefficient (Wildman–Crippen LogP) is 4.25. The maximum Gasteiger partial charge on any atom is 0.221 e. The van der Waals surface area contributed by atoms with Gasteiger partial charge in [-0.15, -0.1) is 22.7 Å². The number of carbonyl (C=O) groups is 1. The lowest BCUT2D eigenvalue weighted by atomic mass is 10.0. The second-order valence-corrected chi connectivity index (χ2v) is 7.04.